The van der Waals surface area contributed by atoms with E-state index in [1.807, 2.05) is 25.3 Å². The van der Waals surface area contributed by atoms with E-state index in [-0.39, 0.29) is 12.1 Å². The zero-order valence-electron chi connectivity index (χ0n) is 18.5. The van der Waals surface area contributed by atoms with Gasteiger partial charge >= 0.3 is 5.97 Å². The number of esters is 1. The molecule has 0 saturated carbocycles. The van der Waals surface area contributed by atoms with Crippen molar-refractivity contribution in [3.63, 3.8) is 0 Å². The van der Waals surface area contributed by atoms with Crippen LogP contribution in [0, 0.1) is 13.8 Å². The number of nitrogens with zero attached hydrogens (tertiary/aromatic N) is 3. The first kappa shape index (κ1) is 22.4. The molecule has 4 rings (SSSR count). The minimum atomic E-state index is -3.31. The minimum Gasteiger partial charge on any atom is -0.466 e. The van der Waals surface area contributed by atoms with Crippen molar-refractivity contribution in [1.29, 1.82) is 0 Å². The lowest BCUT2D eigenvalue weighted by atomic mass is 9.97. The van der Waals surface area contributed by atoms with Gasteiger partial charge in [0.05, 0.1) is 24.2 Å². The highest BCUT2D eigenvalue weighted by molar-refractivity contribution is 6.09. The van der Waals surface area contributed by atoms with Crippen LogP contribution in [0.2, 0.25) is 0 Å². The van der Waals surface area contributed by atoms with Crippen LogP contribution in [0.1, 0.15) is 33.6 Å². The van der Waals surface area contributed by atoms with Gasteiger partial charge in [-0.3, -0.25) is 4.79 Å². The van der Waals surface area contributed by atoms with Crippen LogP contribution in [-0.2, 0) is 9.53 Å². The Labute approximate surface area is 190 Å². The number of fused-ring (bicyclic) bond motifs is 1. The molecule has 0 saturated heterocycles. The number of hydrogen-bond donors (Lipinski definition) is 0. The number of halogens is 2. The first-order valence-electron chi connectivity index (χ1n) is 10.4. The molecule has 1 aromatic heterocycles. The summed E-state index contributed by atoms with van der Waals surface area (Å²) in [4.78, 5) is 26.7. The summed E-state index contributed by atoms with van der Waals surface area (Å²) in [6.45, 7) is 3.48. The number of rotatable bonds is 3. The van der Waals surface area contributed by atoms with Crippen LogP contribution in [0.4, 0.5) is 14.5 Å². The zero-order chi connectivity index (χ0) is 23.8. The Kier molecular flexibility index (Phi) is 5.84. The van der Waals surface area contributed by atoms with Gasteiger partial charge in [-0.1, -0.05) is 18.2 Å². The molecular weight excluding hydrogens is 428 g/mol. The predicted molar refractivity (Wildman–Crippen MR) is 121 cm³/mol. The summed E-state index contributed by atoms with van der Waals surface area (Å²) in [5.74, 6) is -4.58. The summed E-state index contributed by atoms with van der Waals surface area (Å²) in [6.07, 6.45) is 2.01. The standard InChI is InChI=1S/C25H23F2N3O3/c1-16-14-18(30-12-10-17(2)28-30)8-9-19(16)24(32)29-13-11-25(26,27)21(15-23(31)33-3)20-6-4-5-7-22(20)29/h4-10,12,14-15H,11,13H2,1-3H3. The Morgan fingerprint density at radius 1 is 1.12 bits per heavy atom. The van der Waals surface area contributed by atoms with E-state index in [1.54, 1.807) is 41.9 Å². The fraction of sp³-hybridized carbons (Fsp3) is 0.240. The van der Waals surface area contributed by atoms with Crippen molar-refractivity contribution >= 4 is 23.1 Å². The molecule has 170 valence electrons. The number of aromatic nitrogens is 2. The van der Waals surface area contributed by atoms with E-state index >= 15 is 8.78 Å². The van der Waals surface area contributed by atoms with Crippen LogP contribution in [-0.4, -0.2) is 41.2 Å². The van der Waals surface area contributed by atoms with Gasteiger partial charge in [0, 0.05) is 41.9 Å². The van der Waals surface area contributed by atoms with Crippen molar-refractivity contribution in [3.8, 4) is 5.69 Å². The number of methoxy groups -OCH3 is 1. The highest BCUT2D eigenvalue weighted by Crippen LogP contribution is 2.43. The Hall–Kier alpha value is -3.81. The molecule has 0 unspecified atom stereocenters. The minimum absolute atomic E-state index is 0.125. The number of amides is 1. The monoisotopic (exact) mass is 451 g/mol. The molecular formula is C25H23F2N3O3. The lowest BCUT2D eigenvalue weighted by Gasteiger charge is -2.23. The fourth-order valence-corrected chi connectivity index (χ4v) is 3.95. The molecule has 3 aromatic rings. The number of anilines is 1. The maximum atomic E-state index is 15.0. The van der Waals surface area contributed by atoms with Gasteiger partial charge in [-0.2, -0.15) is 5.10 Å². The molecule has 1 aliphatic heterocycles. The number of carbonyl (C=O) groups is 2. The summed E-state index contributed by atoms with van der Waals surface area (Å²) < 4.78 is 36.4. The van der Waals surface area contributed by atoms with E-state index in [1.165, 1.54) is 11.0 Å². The third-order valence-electron chi connectivity index (χ3n) is 5.66. The normalized spacial score (nSPS) is 16.3. The molecule has 0 spiro atoms. The molecule has 0 atom stereocenters. The summed E-state index contributed by atoms with van der Waals surface area (Å²) in [5, 5.41) is 4.38. The van der Waals surface area contributed by atoms with Crippen LogP contribution >= 0.6 is 0 Å². The average molecular weight is 451 g/mol. The van der Waals surface area contributed by atoms with Crippen molar-refractivity contribution in [3.05, 3.63) is 83.2 Å². The van der Waals surface area contributed by atoms with Crippen molar-refractivity contribution in [1.82, 2.24) is 9.78 Å². The number of carbonyl (C=O) groups excluding carboxylic acids is 2. The van der Waals surface area contributed by atoms with E-state index in [0.717, 1.165) is 24.6 Å². The second kappa shape index (κ2) is 8.61. The molecule has 6 nitrogen and oxygen atoms in total. The number of hydrogen-bond acceptors (Lipinski definition) is 4. The van der Waals surface area contributed by atoms with E-state index in [2.05, 4.69) is 9.84 Å². The SMILES string of the molecule is COC(=O)C=C1c2ccccc2N(C(=O)c2ccc(-n3ccc(C)n3)cc2C)CCC1(F)F. The molecule has 1 aliphatic rings. The predicted octanol–water partition coefficient (Wildman–Crippen LogP) is 4.73. The van der Waals surface area contributed by atoms with Crippen LogP contribution in [0.3, 0.4) is 0 Å². The topological polar surface area (TPSA) is 64.4 Å². The third-order valence-corrected chi connectivity index (χ3v) is 5.66. The number of para-hydroxylation sites is 1. The van der Waals surface area contributed by atoms with Crippen LogP contribution in [0.15, 0.2) is 60.8 Å². The van der Waals surface area contributed by atoms with Gasteiger partial charge in [0.2, 0.25) is 0 Å². The fourth-order valence-electron chi connectivity index (χ4n) is 3.95. The highest BCUT2D eigenvalue weighted by Gasteiger charge is 2.41. The quantitative estimate of drug-likeness (QED) is 0.427. The summed E-state index contributed by atoms with van der Waals surface area (Å²) in [7, 11) is 1.13. The van der Waals surface area contributed by atoms with E-state index in [0.29, 0.717) is 16.8 Å². The molecule has 0 radical (unpaired) electrons. The molecule has 2 aromatic carbocycles. The molecule has 33 heavy (non-hydrogen) atoms. The molecule has 0 aliphatic carbocycles. The average Bonchev–Trinajstić information content (AvgIpc) is 3.19. The smallest absolute Gasteiger partial charge is 0.330 e. The van der Waals surface area contributed by atoms with Crippen molar-refractivity contribution < 1.29 is 23.1 Å². The van der Waals surface area contributed by atoms with E-state index in [9.17, 15) is 9.59 Å². The number of alkyl halides is 2. The lowest BCUT2D eigenvalue weighted by Crippen LogP contribution is -2.33. The summed E-state index contributed by atoms with van der Waals surface area (Å²) in [5.41, 5.74) is 2.75. The lowest BCUT2D eigenvalue weighted by molar-refractivity contribution is -0.134. The molecule has 0 N–H and O–H groups in total. The van der Waals surface area contributed by atoms with Gasteiger partial charge in [0.25, 0.3) is 11.8 Å². The van der Waals surface area contributed by atoms with Crippen LogP contribution < -0.4 is 4.90 Å². The molecule has 0 fully saturated rings. The van der Waals surface area contributed by atoms with Gasteiger partial charge in [0.15, 0.2) is 0 Å². The zero-order valence-corrected chi connectivity index (χ0v) is 18.5. The molecule has 0 bridgehead atoms. The van der Waals surface area contributed by atoms with Gasteiger partial charge in [-0.25, -0.2) is 18.3 Å². The first-order chi connectivity index (χ1) is 15.7. The summed E-state index contributed by atoms with van der Waals surface area (Å²) in [6, 6.07) is 13.5. The molecule has 8 heteroatoms. The number of ether oxygens (including phenoxy) is 1. The number of aryl methyl sites for hydroxylation is 2. The number of allylic oxidation sites excluding steroid dienone is 1. The Morgan fingerprint density at radius 3 is 2.55 bits per heavy atom. The van der Waals surface area contributed by atoms with Gasteiger partial charge in [-0.15, -0.1) is 0 Å². The van der Waals surface area contributed by atoms with Crippen molar-refractivity contribution in [2.24, 2.45) is 0 Å². The summed E-state index contributed by atoms with van der Waals surface area (Å²) >= 11 is 0. The van der Waals surface area contributed by atoms with Crippen LogP contribution in [0.25, 0.3) is 11.3 Å². The third kappa shape index (κ3) is 4.28. The maximum Gasteiger partial charge on any atom is 0.330 e. The Bertz CT molecular complexity index is 1260. The Morgan fingerprint density at radius 2 is 1.88 bits per heavy atom. The largest absolute Gasteiger partial charge is 0.466 e. The van der Waals surface area contributed by atoms with Crippen molar-refractivity contribution in [2.75, 3.05) is 18.6 Å². The first-order valence-corrected chi connectivity index (χ1v) is 10.4. The maximum absolute atomic E-state index is 15.0. The molecule has 2 heterocycles. The van der Waals surface area contributed by atoms with Gasteiger partial charge in [-0.05, 0) is 49.7 Å². The van der Waals surface area contributed by atoms with E-state index < -0.39 is 29.8 Å². The Balaban J connectivity index is 1.76. The van der Waals surface area contributed by atoms with Gasteiger partial charge in [0.1, 0.15) is 0 Å². The highest BCUT2D eigenvalue weighted by atomic mass is 19.3. The number of benzene rings is 2. The van der Waals surface area contributed by atoms with E-state index in [4.69, 9.17) is 0 Å². The van der Waals surface area contributed by atoms with Crippen LogP contribution in [0.5, 0.6) is 0 Å². The second-order valence-corrected chi connectivity index (χ2v) is 7.91. The second-order valence-electron chi connectivity index (χ2n) is 7.91. The van der Waals surface area contributed by atoms with Gasteiger partial charge < -0.3 is 9.64 Å². The molecule has 1 amide bonds. The van der Waals surface area contributed by atoms with Crippen molar-refractivity contribution in [2.45, 2.75) is 26.2 Å².